The third kappa shape index (κ3) is 5.52. The molecule has 1 saturated heterocycles. The molecule has 4 rings (SSSR count). The maximum Gasteiger partial charge on any atom is 0.499 e. The zero-order chi connectivity index (χ0) is 26.1. The van der Waals surface area contributed by atoms with Crippen molar-refractivity contribution in [2.75, 3.05) is 23.3 Å². The summed E-state index contributed by atoms with van der Waals surface area (Å²) in [5.41, 5.74) is 1.17. The molecule has 1 aliphatic rings. The SMILES string of the molecule is C[C@@H]1CCN(c2ncc(C(=O)Nc3ccc(OC(F)(F)C(F)(F)F)cc3)cc2-c2cncc(F)c2)C1. The van der Waals surface area contributed by atoms with Crippen molar-refractivity contribution in [3.63, 3.8) is 0 Å². The summed E-state index contributed by atoms with van der Waals surface area (Å²) in [5, 5.41) is 2.52. The highest BCUT2D eigenvalue weighted by Gasteiger charge is 2.61. The van der Waals surface area contributed by atoms with Crippen LogP contribution in [0.1, 0.15) is 23.7 Å². The Morgan fingerprint density at radius 1 is 1.08 bits per heavy atom. The molecule has 36 heavy (non-hydrogen) atoms. The second-order valence-corrected chi connectivity index (χ2v) is 8.42. The number of alkyl halides is 5. The number of aromatic nitrogens is 2. The van der Waals surface area contributed by atoms with Crippen LogP contribution >= 0.6 is 0 Å². The van der Waals surface area contributed by atoms with Gasteiger partial charge in [0.2, 0.25) is 0 Å². The Kier molecular flexibility index (Phi) is 6.79. The molecule has 1 amide bonds. The average Bonchev–Trinajstić information content (AvgIpc) is 3.25. The molecule has 1 atom stereocenters. The van der Waals surface area contributed by atoms with Crippen molar-refractivity contribution in [2.45, 2.75) is 25.6 Å². The molecule has 1 aromatic carbocycles. The molecule has 0 aliphatic carbocycles. The van der Waals surface area contributed by atoms with Gasteiger partial charge in [0, 0.05) is 42.3 Å². The molecular weight excluding hydrogens is 490 g/mol. The van der Waals surface area contributed by atoms with Gasteiger partial charge in [-0.25, -0.2) is 9.37 Å². The van der Waals surface area contributed by atoms with E-state index in [4.69, 9.17) is 0 Å². The molecule has 0 saturated carbocycles. The number of nitrogens with zero attached hydrogens (tertiary/aromatic N) is 3. The van der Waals surface area contributed by atoms with E-state index >= 15 is 0 Å². The number of benzene rings is 1. The van der Waals surface area contributed by atoms with E-state index in [1.807, 2.05) is 4.90 Å². The smallest absolute Gasteiger partial charge is 0.426 e. The first-order chi connectivity index (χ1) is 16.9. The molecule has 190 valence electrons. The van der Waals surface area contributed by atoms with Gasteiger partial charge in [-0.15, -0.1) is 0 Å². The fourth-order valence-corrected chi connectivity index (χ4v) is 3.75. The maximum absolute atomic E-state index is 13.9. The van der Waals surface area contributed by atoms with E-state index in [1.54, 1.807) is 6.07 Å². The highest BCUT2D eigenvalue weighted by molar-refractivity contribution is 6.05. The van der Waals surface area contributed by atoms with Crippen molar-refractivity contribution in [3.05, 3.63) is 66.4 Å². The first kappa shape index (κ1) is 25.3. The van der Waals surface area contributed by atoms with Crippen LogP contribution < -0.4 is 15.0 Å². The van der Waals surface area contributed by atoms with Crippen LogP contribution in [0.3, 0.4) is 0 Å². The van der Waals surface area contributed by atoms with E-state index in [0.717, 1.165) is 50.0 Å². The standard InChI is InChI=1S/C24H20F6N4O2/c1-14-6-7-34(13-14)21-20(15-8-17(25)12-31-10-15)9-16(11-32-21)22(35)33-18-2-4-19(5-3-18)36-24(29,30)23(26,27)28/h2-5,8-12,14H,6-7,13H2,1H3,(H,33,35)/t14-/m1/s1. The maximum atomic E-state index is 13.9. The highest BCUT2D eigenvalue weighted by atomic mass is 19.4. The van der Waals surface area contributed by atoms with E-state index in [-0.39, 0.29) is 11.3 Å². The zero-order valence-corrected chi connectivity index (χ0v) is 18.8. The minimum absolute atomic E-state index is 0.120. The van der Waals surface area contributed by atoms with Gasteiger partial charge in [0.15, 0.2) is 0 Å². The summed E-state index contributed by atoms with van der Waals surface area (Å²) in [5.74, 6) is -0.890. The Bertz CT molecular complexity index is 1250. The molecule has 0 radical (unpaired) electrons. The van der Waals surface area contributed by atoms with Gasteiger partial charge in [0.1, 0.15) is 17.4 Å². The van der Waals surface area contributed by atoms with Crippen LogP contribution in [0.2, 0.25) is 0 Å². The Hall–Kier alpha value is -3.83. The van der Waals surface area contributed by atoms with Crippen molar-refractivity contribution in [3.8, 4) is 16.9 Å². The number of amides is 1. The minimum Gasteiger partial charge on any atom is -0.426 e. The summed E-state index contributed by atoms with van der Waals surface area (Å²) in [7, 11) is 0. The first-order valence-electron chi connectivity index (χ1n) is 10.8. The third-order valence-corrected chi connectivity index (χ3v) is 5.56. The molecule has 3 aromatic rings. The summed E-state index contributed by atoms with van der Waals surface area (Å²) < 4.78 is 80.7. The molecule has 6 nitrogen and oxygen atoms in total. The third-order valence-electron chi connectivity index (χ3n) is 5.56. The van der Waals surface area contributed by atoms with Gasteiger partial charge in [0.05, 0.1) is 11.8 Å². The van der Waals surface area contributed by atoms with Gasteiger partial charge < -0.3 is 15.0 Å². The van der Waals surface area contributed by atoms with Crippen molar-refractivity contribution >= 4 is 17.4 Å². The highest BCUT2D eigenvalue weighted by Crippen LogP contribution is 2.37. The van der Waals surface area contributed by atoms with Crippen molar-refractivity contribution in [2.24, 2.45) is 5.92 Å². The lowest BCUT2D eigenvalue weighted by molar-refractivity contribution is -0.360. The summed E-state index contributed by atoms with van der Waals surface area (Å²) in [4.78, 5) is 23.2. The lowest BCUT2D eigenvalue weighted by Crippen LogP contribution is -2.41. The van der Waals surface area contributed by atoms with E-state index in [1.165, 1.54) is 18.5 Å². The topological polar surface area (TPSA) is 67.4 Å². The number of hydrogen-bond donors (Lipinski definition) is 1. The van der Waals surface area contributed by atoms with Crippen LogP contribution in [0, 0.1) is 11.7 Å². The summed E-state index contributed by atoms with van der Waals surface area (Å²) in [6.07, 6.45) is -6.41. The van der Waals surface area contributed by atoms with Crippen molar-refractivity contribution < 1.29 is 35.9 Å². The number of carbonyl (C=O) groups is 1. The summed E-state index contributed by atoms with van der Waals surface area (Å²) in [6, 6.07) is 6.79. The number of halogens is 6. The average molecular weight is 510 g/mol. The number of carbonyl (C=O) groups excluding carboxylic acids is 1. The summed E-state index contributed by atoms with van der Waals surface area (Å²) in [6.45, 7) is 3.60. The van der Waals surface area contributed by atoms with Gasteiger partial charge in [-0.05, 0) is 48.7 Å². The van der Waals surface area contributed by atoms with Crippen LogP contribution in [-0.4, -0.2) is 41.2 Å². The number of hydrogen-bond acceptors (Lipinski definition) is 5. The van der Waals surface area contributed by atoms with Crippen LogP contribution in [-0.2, 0) is 0 Å². The monoisotopic (exact) mass is 510 g/mol. The van der Waals surface area contributed by atoms with E-state index in [9.17, 15) is 31.1 Å². The Balaban J connectivity index is 1.56. The van der Waals surface area contributed by atoms with E-state index in [2.05, 4.69) is 26.9 Å². The second kappa shape index (κ2) is 9.67. The lowest BCUT2D eigenvalue weighted by Gasteiger charge is -2.21. The van der Waals surface area contributed by atoms with Crippen LogP contribution in [0.25, 0.3) is 11.1 Å². The first-order valence-corrected chi connectivity index (χ1v) is 10.8. The number of pyridine rings is 2. The number of anilines is 2. The quantitative estimate of drug-likeness (QED) is 0.418. The van der Waals surface area contributed by atoms with Gasteiger partial charge in [-0.1, -0.05) is 6.92 Å². The van der Waals surface area contributed by atoms with Gasteiger partial charge in [-0.3, -0.25) is 9.78 Å². The molecule has 0 spiro atoms. The van der Waals surface area contributed by atoms with Crippen LogP contribution in [0.5, 0.6) is 5.75 Å². The molecular formula is C24H20F6N4O2. The Labute approximate surface area is 201 Å². The molecule has 3 heterocycles. The minimum atomic E-state index is -5.87. The second-order valence-electron chi connectivity index (χ2n) is 8.42. The Morgan fingerprint density at radius 2 is 1.81 bits per heavy atom. The number of rotatable bonds is 6. The van der Waals surface area contributed by atoms with Gasteiger partial charge in [-0.2, -0.15) is 22.0 Å². The largest absolute Gasteiger partial charge is 0.499 e. The summed E-state index contributed by atoms with van der Waals surface area (Å²) >= 11 is 0. The molecule has 1 fully saturated rings. The number of nitrogens with one attached hydrogen (secondary N) is 1. The molecule has 0 unspecified atom stereocenters. The zero-order valence-electron chi connectivity index (χ0n) is 18.8. The normalized spacial score (nSPS) is 16.2. The predicted octanol–water partition coefficient (Wildman–Crippen LogP) is 5.92. The fraction of sp³-hybridized carbons (Fsp3) is 0.292. The molecule has 2 aromatic heterocycles. The molecule has 1 N–H and O–H groups in total. The molecule has 0 bridgehead atoms. The fourth-order valence-electron chi connectivity index (χ4n) is 3.75. The van der Waals surface area contributed by atoms with Crippen LogP contribution in [0.4, 0.5) is 37.8 Å². The Morgan fingerprint density at radius 3 is 2.42 bits per heavy atom. The van der Waals surface area contributed by atoms with Gasteiger partial charge >= 0.3 is 12.3 Å². The molecule has 1 aliphatic heterocycles. The van der Waals surface area contributed by atoms with Crippen molar-refractivity contribution in [1.82, 2.24) is 9.97 Å². The number of ether oxygens (including phenoxy) is 1. The molecule has 12 heteroatoms. The predicted molar refractivity (Wildman–Crippen MR) is 119 cm³/mol. The van der Waals surface area contributed by atoms with Gasteiger partial charge in [0.25, 0.3) is 5.91 Å². The van der Waals surface area contributed by atoms with Crippen LogP contribution in [0.15, 0.2) is 55.0 Å². The lowest BCUT2D eigenvalue weighted by atomic mass is 10.1. The van der Waals surface area contributed by atoms with E-state index in [0.29, 0.717) is 22.9 Å². The van der Waals surface area contributed by atoms with E-state index < -0.39 is 29.8 Å². The van der Waals surface area contributed by atoms with Crippen molar-refractivity contribution in [1.29, 1.82) is 0 Å².